The maximum absolute atomic E-state index is 2.64. The second-order valence-electron chi connectivity index (χ2n) is 22.2. The standard InChI is InChI=1S/C54H60/c1-49(2,3)33-19-15-29(16-20-33)31-25-37-41-39(27-31)53(11,12)47-45(41)43-35(51(37,7)8)23-24-36-44(43)46-42-38(52(36,9)10)26-32(28-40(42)54(13,14)48(46)47)30-17-21-34(22-18-30)50(4,5)6/h15-17,19-21,23-26,28,39H,18,22,27H2,1-14H3. The molecule has 6 aliphatic rings. The minimum atomic E-state index is -0.109. The summed E-state index contributed by atoms with van der Waals surface area (Å²) in [5.41, 5.74) is 26.2. The van der Waals surface area contributed by atoms with E-state index in [-0.39, 0.29) is 32.5 Å². The van der Waals surface area contributed by atoms with Crippen molar-refractivity contribution in [3.05, 3.63) is 134 Å². The van der Waals surface area contributed by atoms with Gasteiger partial charge in [0.1, 0.15) is 0 Å². The van der Waals surface area contributed by atoms with E-state index < -0.39 is 0 Å². The highest BCUT2D eigenvalue weighted by Gasteiger charge is 2.57. The van der Waals surface area contributed by atoms with E-state index in [2.05, 4.69) is 164 Å². The van der Waals surface area contributed by atoms with E-state index in [9.17, 15) is 0 Å². The van der Waals surface area contributed by atoms with Gasteiger partial charge in [-0.05, 0) is 153 Å². The molecule has 0 saturated heterocycles. The molecule has 0 aromatic heterocycles. The molecule has 0 aliphatic heterocycles. The maximum Gasteiger partial charge on any atom is 0.0162 e. The lowest BCUT2D eigenvalue weighted by atomic mass is 9.61. The van der Waals surface area contributed by atoms with E-state index in [1.54, 1.807) is 60.9 Å². The Morgan fingerprint density at radius 1 is 0.537 bits per heavy atom. The summed E-state index contributed by atoms with van der Waals surface area (Å²) in [6.07, 6.45) is 10.9. The van der Waals surface area contributed by atoms with Crippen molar-refractivity contribution in [1.82, 2.24) is 0 Å². The van der Waals surface area contributed by atoms with Crippen molar-refractivity contribution in [2.45, 2.75) is 143 Å². The van der Waals surface area contributed by atoms with E-state index in [1.807, 2.05) is 0 Å². The molecule has 276 valence electrons. The van der Waals surface area contributed by atoms with Crippen LogP contribution in [0.5, 0.6) is 0 Å². The Morgan fingerprint density at radius 2 is 1.15 bits per heavy atom. The monoisotopic (exact) mass is 708 g/mol. The quantitative estimate of drug-likeness (QED) is 0.194. The Hall–Kier alpha value is -3.90. The summed E-state index contributed by atoms with van der Waals surface area (Å²) in [7, 11) is 0. The molecule has 0 heterocycles. The van der Waals surface area contributed by atoms with Crippen molar-refractivity contribution in [2.24, 2.45) is 11.3 Å². The molecule has 4 aromatic rings. The van der Waals surface area contributed by atoms with Crippen LogP contribution in [-0.2, 0) is 27.1 Å². The fourth-order valence-electron chi connectivity index (χ4n) is 12.3. The summed E-state index contributed by atoms with van der Waals surface area (Å²) in [6, 6.07) is 19.9. The first-order valence-electron chi connectivity index (χ1n) is 20.9. The molecule has 10 rings (SSSR count). The smallest absolute Gasteiger partial charge is 0.0162 e. The molecule has 0 heteroatoms. The van der Waals surface area contributed by atoms with E-state index in [4.69, 9.17) is 0 Å². The van der Waals surface area contributed by atoms with Crippen molar-refractivity contribution < 1.29 is 0 Å². The Kier molecular flexibility index (Phi) is 6.46. The van der Waals surface area contributed by atoms with Crippen molar-refractivity contribution >= 4 is 27.5 Å². The molecule has 0 nitrogen and oxygen atoms in total. The summed E-state index contributed by atoms with van der Waals surface area (Å²) >= 11 is 0. The normalized spacial score (nSPS) is 23.1. The molecule has 4 aromatic carbocycles. The molecule has 0 N–H and O–H groups in total. The predicted molar refractivity (Wildman–Crippen MR) is 233 cm³/mol. The van der Waals surface area contributed by atoms with Gasteiger partial charge in [0.05, 0.1) is 0 Å². The number of benzene rings is 4. The third-order valence-corrected chi connectivity index (χ3v) is 15.6. The van der Waals surface area contributed by atoms with Crippen LogP contribution >= 0.6 is 0 Å². The van der Waals surface area contributed by atoms with Gasteiger partial charge in [-0.25, -0.2) is 0 Å². The van der Waals surface area contributed by atoms with Crippen molar-refractivity contribution in [3.63, 3.8) is 0 Å². The largest absolute Gasteiger partial charge is 0.0645 e. The van der Waals surface area contributed by atoms with Gasteiger partial charge in [0.2, 0.25) is 0 Å². The van der Waals surface area contributed by atoms with Crippen molar-refractivity contribution in [2.75, 3.05) is 0 Å². The number of fused-ring (bicyclic) bond motifs is 1. The number of hydrogen-bond acceptors (Lipinski definition) is 0. The van der Waals surface area contributed by atoms with Gasteiger partial charge in [-0.15, -0.1) is 0 Å². The third-order valence-electron chi connectivity index (χ3n) is 15.6. The first-order valence-corrected chi connectivity index (χ1v) is 20.9. The first-order chi connectivity index (χ1) is 25.1. The molecule has 0 spiro atoms. The molecule has 0 fully saturated rings. The zero-order chi connectivity index (χ0) is 38.4. The van der Waals surface area contributed by atoms with Crippen LogP contribution in [-0.4, -0.2) is 0 Å². The van der Waals surface area contributed by atoms with Gasteiger partial charge in [-0.3, -0.25) is 0 Å². The predicted octanol–water partition coefficient (Wildman–Crippen LogP) is 14.7. The number of allylic oxidation sites excluding steroid dienone is 8. The van der Waals surface area contributed by atoms with E-state index >= 15 is 0 Å². The van der Waals surface area contributed by atoms with Gasteiger partial charge in [-0.2, -0.15) is 0 Å². The van der Waals surface area contributed by atoms with Crippen LogP contribution in [0.2, 0.25) is 0 Å². The zero-order valence-corrected chi connectivity index (χ0v) is 35.5. The first kappa shape index (κ1) is 34.6. The molecule has 6 aliphatic carbocycles. The number of hydrogen-bond donors (Lipinski definition) is 0. The summed E-state index contributed by atoms with van der Waals surface area (Å²) in [4.78, 5) is 0. The molecule has 0 saturated carbocycles. The minimum absolute atomic E-state index is 0.0101. The van der Waals surface area contributed by atoms with E-state index in [0.717, 1.165) is 19.3 Å². The third kappa shape index (κ3) is 4.11. The maximum atomic E-state index is 2.64. The highest BCUT2D eigenvalue weighted by Crippen LogP contribution is 2.71. The SMILES string of the molecule is CC(C)(C)C1=CC=C(c2cc3c4c(c2)C(C)(C)c2ccc5c6c7c(c(c-4c26)C3(C)C)C(C)(C)C2CC(c3ccc(C(C)(C)C)cc3)=CC(=C72)C5(C)C)CC1. The molecular formula is C54H60. The fourth-order valence-corrected chi connectivity index (χ4v) is 12.3. The molecule has 0 amide bonds. The topological polar surface area (TPSA) is 0 Å². The van der Waals surface area contributed by atoms with E-state index in [0.29, 0.717) is 5.92 Å². The van der Waals surface area contributed by atoms with Gasteiger partial charge < -0.3 is 0 Å². The second-order valence-corrected chi connectivity index (χ2v) is 22.2. The van der Waals surface area contributed by atoms with E-state index in [1.165, 1.54) is 44.5 Å². The van der Waals surface area contributed by atoms with Crippen LogP contribution in [0.25, 0.3) is 38.6 Å². The van der Waals surface area contributed by atoms with Crippen LogP contribution in [0.4, 0.5) is 0 Å². The average Bonchev–Trinajstić information content (AvgIpc) is 3.48. The number of rotatable bonds is 2. The Labute approximate surface area is 325 Å². The molecule has 1 atom stereocenters. The van der Waals surface area contributed by atoms with Gasteiger partial charge in [0, 0.05) is 16.2 Å². The highest BCUT2D eigenvalue weighted by atomic mass is 14.6. The van der Waals surface area contributed by atoms with Gasteiger partial charge in [0.25, 0.3) is 0 Å². The minimum Gasteiger partial charge on any atom is -0.0645 e. The summed E-state index contributed by atoms with van der Waals surface area (Å²) in [6.45, 7) is 34.4. The van der Waals surface area contributed by atoms with Crippen LogP contribution in [0.3, 0.4) is 0 Å². The zero-order valence-electron chi connectivity index (χ0n) is 35.5. The molecule has 0 bridgehead atoms. The van der Waals surface area contributed by atoms with Gasteiger partial charge in [-0.1, -0.05) is 157 Å². The van der Waals surface area contributed by atoms with Crippen LogP contribution in [0.1, 0.15) is 172 Å². The van der Waals surface area contributed by atoms with Crippen LogP contribution < -0.4 is 0 Å². The Balaban J connectivity index is 1.26. The Morgan fingerprint density at radius 3 is 1.74 bits per heavy atom. The Bertz CT molecular complexity index is 2540. The molecule has 54 heavy (non-hydrogen) atoms. The molecule has 1 unspecified atom stereocenters. The average molecular weight is 709 g/mol. The second kappa shape index (κ2) is 10.1. The fraction of sp³-hybridized carbons (Fsp3) is 0.444. The van der Waals surface area contributed by atoms with Gasteiger partial charge >= 0.3 is 0 Å². The summed E-state index contributed by atoms with van der Waals surface area (Å²) in [5.74, 6) is 0.440. The summed E-state index contributed by atoms with van der Waals surface area (Å²) in [5, 5.41) is 3.14. The molecular weight excluding hydrogens is 649 g/mol. The molecule has 0 radical (unpaired) electrons. The van der Waals surface area contributed by atoms with Gasteiger partial charge in [0.15, 0.2) is 0 Å². The lowest BCUT2D eigenvalue weighted by molar-refractivity contribution is 0.408. The van der Waals surface area contributed by atoms with Crippen molar-refractivity contribution in [1.29, 1.82) is 0 Å². The lowest BCUT2D eigenvalue weighted by Crippen LogP contribution is -2.31. The lowest BCUT2D eigenvalue weighted by Gasteiger charge is -2.42. The van der Waals surface area contributed by atoms with Crippen LogP contribution in [0, 0.1) is 11.3 Å². The van der Waals surface area contributed by atoms with Crippen LogP contribution in [0.15, 0.2) is 77.9 Å². The van der Waals surface area contributed by atoms with Crippen molar-refractivity contribution in [3.8, 4) is 11.1 Å². The summed E-state index contributed by atoms with van der Waals surface area (Å²) < 4.78 is 0. The highest BCUT2D eigenvalue weighted by molar-refractivity contribution is 6.17.